The average Bonchev–Trinajstić information content (AvgIpc) is 3.00. The number of thiazole rings is 1. The minimum absolute atomic E-state index is 0.0860. The van der Waals surface area contributed by atoms with Crippen LogP contribution < -0.4 is 9.54 Å². The second-order valence-corrected chi connectivity index (χ2v) is 6.44. The van der Waals surface area contributed by atoms with Gasteiger partial charge in [-0.1, -0.05) is 23.3 Å². The number of rotatable bonds is 5. The summed E-state index contributed by atoms with van der Waals surface area (Å²) in [5.41, 5.74) is 0.963. The zero-order chi connectivity index (χ0) is 19.4. The molecular weight excluding hydrogens is 366 g/mol. The highest BCUT2D eigenvalue weighted by Crippen LogP contribution is 2.27. The van der Waals surface area contributed by atoms with Gasteiger partial charge in [0, 0.05) is 17.7 Å². The molecule has 2 aromatic carbocycles. The number of carbonyl (C=O) groups is 1. The summed E-state index contributed by atoms with van der Waals surface area (Å²) in [4.78, 5) is 27.4. The molecule has 3 aromatic rings. The zero-order valence-electron chi connectivity index (χ0n) is 14.4. The van der Waals surface area contributed by atoms with E-state index in [1.54, 1.807) is 4.57 Å². The lowest BCUT2D eigenvalue weighted by atomic mass is 10.2. The van der Waals surface area contributed by atoms with Gasteiger partial charge in [0.2, 0.25) is 0 Å². The van der Waals surface area contributed by atoms with Gasteiger partial charge in [-0.25, -0.2) is 0 Å². The summed E-state index contributed by atoms with van der Waals surface area (Å²) in [5, 5.41) is 10.7. The van der Waals surface area contributed by atoms with Gasteiger partial charge >= 0.3 is 0 Å². The second-order valence-electron chi connectivity index (χ2n) is 5.43. The van der Waals surface area contributed by atoms with Crippen LogP contribution in [-0.4, -0.2) is 22.0 Å². The largest absolute Gasteiger partial charge is 0.492 e. The predicted octanol–water partition coefficient (Wildman–Crippen LogP) is 3.38. The molecular formula is C19H15N3O4S. The Kier molecular flexibility index (Phi) is 5.33. The first-order valence-electron chi connectivity index (χ1n) is 8.07. The number of nitrogens with zero attached hydrogens (tertiary/aromatic N) is 3. The van der Waals surface area contributed by atoms with Crippen molar-refractivity contribution in [3.8, 4) is 18.1 Å². The fraction of sp³-hybridized carbons (Fsp3) is 0.158. The van der Waals surface area contributed by atoms with E-state index in [9.17, 15) is 14.9 Å². The number of hydrogen-bond acceptors (Lipinski definition) is 5. The smallest absolute Gasteiger partial charge is 0.279 e. The maximum absolute atomic E-state index is 12.5. The maximum atomic E-state index is 12.5. The van der Waals surface area contributed by atoms with Crippen molar-refractivity contribution in [2.75, 3.05) is 6.61 Å². The van der Waals surface area contributed by atoms with Crippen molar-refractivity contribution in [3.63, 3.8) is 0 Å². The Balaban J connectivity index is 2.11. The molecule has 0 N–H and O–H groups in total. The molecule has 0 aliphatic rings. The van der Waals surface area contributed by atoms with E-state index in [2.05, 4.69) is 10.9 Å². The molecule has 27 heavy (non-hydrogen) atoms. The number of ether oxygens (including phenoxy) is 1. The highest BCUT2D eigenvalue weighted by Gasteiger charge is 2.13. The topological polar surface area (TPSA) is 86.7 Å². The molecule has 0 fully saturated rings. The van der Waals surface area contributed by atoms with Crippen LogP contribution in [0.5, 0.6) is 5.75 Å². The molecule has 0 bridgehead atoms. The number of nitro benzene ring substituents is 1. The number of amides is 1. The van der Waals surface area contributed by atoms with Crippen molar-refractivity contribution in [1.82, 2.24) is 4.57 Å². The number of nitro groups is 1. The molecule has 1 heterocycles. The molecule has 0 spiro atoms. The van der Waals surface area contributed by atoms with E-state index in [0.717, 1.165) is 10.2 Å². The van der Waals surface area contributed by atoms with Gasteiger partial charge in [0.05, 0.1) is 22.8 Å². The molecule has 0 saturated heterocycles. The van der Waals surface area contributed by atoms with E-state index in [1.807, 2.05) is 25.1 Å². The summed E-state index contributed by atoms with van der Waals surface area (Å²) in [5.74, 6) is 2.74. The van der Waals surface area contributed by atoms with Crippen molar-refractivity contribution in [2.45, 2.75) is 13.5 Å². The molecule has 0 aliphatic heterocycles. The molecule has 7 nitrogen and oxygen atoms in total. The third kappa shape index (κ3) is 3.73. The van der Waals surface area contributed by atoms with Crippen LogP contribution in [0.25, 0.3) is 10.2 Å². The van der Waals surface area contributed by atoms with Crippen molar-refractivity contribution < 1.29 is 14.5 Å². The Morgan fingerprint density at radius 3 is 2.70 bits per heavy atom. The molecule has 0 saturated carbocycles. The van der Waals surface area contributed by atoms with Crippen molar-refractivity contribution in [2.24, 2.45) is 4.99 Å². The zero-order valence-corrected chi connectivity index (χ0v) is 15.2. The normalized spacial score (nSPS) is 11.3. The van der Waals surface area contributed by atoms with Gasteiger partial charge in [-0.3, -0.25) is 14.9 Å². The van der Waals surface area contributed by atoms with Crippen LogP contribution in [-0.2, 0) is 6.54 Å². The monoisotopic (exact) mass is 381 g/mol. The minimum atomic E-state index is -0.520. The van der Waals surface area contributed by atoms with Gasteiger partial charge in [0.1, 0.15) is 11.3 Å². The number of para-hydroxylation sites is 1. The molecule has 1 aromatic heterocycles. The molecule has 8 heteroatoms. The van der Waals surface area contributed by atoms with E-state index in [-0.39, 0.29) is 17.8 Å². The molecule has 1 amide bonds. The summed E-state index contributed by atoms with van der Waals surface area (Å²) in [6, 6.07) is 10.9. The number of hydrogen-bond donors (Lipinski definition) is 0. The third-order valence-corrected chi connectivity index (χ3v) is 4.78. The molecule has 136 valence electrons. The first kappa shape index (κ1) is 18.4. The average molecular weight is 381 g/mol. The van der Waals surface area contributed by atoms with E-state index >= 15 is 0 Å². The van der Waals surface area contributed by atoms with Gasteiger partial charge in [0.25, 0.3) is 11.6 Å². The molecule has 0 unspecified atom stereocenters. The fourth-order valence-electron chi connectivity index (χ4n) is 2.57. The molecule has 0 aliphatic carbocycles. The second kappa shape index (κ2) is 7.85. The van der Waals surface area contributed by atoms with Crippen LogP contribution in [0.1, 0.15) is 17.3 Å². The van der Waals surface area contributed by atoms with Crippen molar-refractivity contribution >= 4 is 33.1 Å². The number of carbonyl (C=O) groups excluding carboxylic acids is 1. The van der Waals surface area contributed by atoms with Crippen molar-refractivity contribution in [3.05, 3.63) is 62.9 Å². The van der Waals surface area contributed by atoms with E-state index in [4.69, 9.17) is 11.2 Å². The van der Waals surface area contributed by atoms with E-state index in [0.29, 0.717) is 17.2 Å². The summed E-state index contributed by atoms with van der Waals surface area (Å²) < 4.78 is 8.32. The van der Waals surface area contributed by atoms with Gasteiger partial charge in [-0.05, 0) is 31.2 Å². The first-order chi connectivity index (χ1) is 13.0. The number of fused-ring (bicyclic) bond motifs is 1. The summed E-state index contributed by atoms with van der Waals surface area (Å²) in [6.45, 7) is 2.62. The first-order valence-corrected chi connectivity index (χ1v) is 8.89. The SMILES string of the molecule is C#CCn1c(=NC(=O)c2ccc([N+](=O)[O-])cc2)sc2cccc(OCC)c21. The highest BCUT2D eigenvalue weighted by molar-refractivity contribution is 7.16. The van der Waals surface area contributed by atoms with Crippen molar-refractivity contribution in [1.29, 1.82) is 0 Å². The van der Waals surface area contributed by atoms with Gasteiger partial charge < -0.3 is 9.30 Å². The number of non-ortho nitro benzene ring substituents is 1. The molecule has 0 atom stereocenters. The third-order valence-electron chi connectivity index (χ3n) is 3.74. The molecule has 0 radical (unpaired) electrons. The fourth-order valence-corrected chi connectivity index (χ4v) is 3.62. The minimum Gasteiger partial charge on any atom is -0.492 e. The standard InChI is InChI=1S/C19H15N3O4S/c1-3-12-21-17-15(26-4-2)6-5-7-16(17)27-19(21)20-18(23)13-8-10-14(11-9-13)22(24)25/h1,5-11H,4,12H2,2H3. The van der Waals surface area contributed by atoms with Gasteiger partial charge in [0.15, 0.2) is 4.80 Å². The summed E-state index contributed by atoms with van der Waals surface area (Å²) in [7, 11) is 0. The molecule has 3 rings (SSSR count). The number of benzene rings is 2. The highest BCUT2D eigenvalue weighted by atomic mass is 32.1. The predicted molar refractivity (Wildman–Crippen MR) is 103 cm³/mol. The Morgan fingerprint density at radius 1 is 1.33 bits per heavy atom. The Hall–Kier alpha value is -3.44. The summed E-state index contributed by atoms with van der Waals surface area (Å²) >= 11 is 1.33. The Bertz CT molecular complexity index is 1120. The Labute approximate surface area is 158 Å². The van der Waals surface area contributed by atoms with Crippen LogP contribution in [0.4, 0.5) is 5.69 Å². The number of aromatic nitrogens is 1. The Morgan fingerprint density at radius 2 is 2.07 bits per heavy atom. The van der Waals surface area contributed by atoms with Gasteiger partial charge in [-0.15, -0.1) is 6.42 Å². The number of terminal acetylenes is 1. The van der Waals surface area contributed by atoms with Crippen LogP contribution in [0.3, 0.4) is 0 Å². The quantitative estimate of drug-likeness (QED) is 0.385. The lowest BCUT2D eigenvalue weighted by molar-refractivity contribution is -0.384. The lowest BCUT2D eigenvalue weighted by Gasteiger charge is -2.07. The summed E-state index contributed by atoms with van der Waals surface area (Å²) in [6.07, 6.45) is 5.49. The van der Waals surface area contributed by atoms with Crippen LogP contribution in [0, 0.1) is 22.5 Å². The lowest BCUT2D eigenvalue weighted by Crippen LogP contribution is -2.17. The van der Waals surface area contributed by atoms with Crippen LogP contribution in [0.2, 0.25) is 0 Å². The van der Waals surface area contributed by atoms with Crippen LogP contribution >= 0.6 is 11.3 Å². The van der Waals surface area contributed by atoms with Crippen LogP contribution in [0.15, 0.2) is 47.5 Å². The van der Waals surface area contributed by atoms with E-state index < -0.39 is 10.8 Å². The van der Waals surface area contributed by atoms with Gasteiger partial charge in [-0.2, -0.15) is 4.99 Å². The van der Waals surface area contributed by atoms with E-state index in [1.165, 1.54) is 35.6 Å². The maximum Gasteiger partial charge on any atom is 0.279 e.